The quantitative estimate of drug-likeness (QED) is 0.532. The summed E-state index contributed by atoms with van der Waals surface area (Å²) in [4.78, 5) is 8.51. The second-order valence-corrected chi connectivity index (χ2v) is 7.80. The van der Waals surface area contributed by atoms with E-state index in [1.54, 1.807) is 12.4 Å². The molecule has 0 amide bonds. The lowest BCUT2D eigenvalue weighted by Crippen LogP contribution is -2.10. The van der Waals surface area contributed by atoms with Crippen molar-refractivity contribution in [1.82, 2.24) is 9.97 Å². The standard InChI is InChI=1S/C24H21F2N3/c1-15-2-4-16(5-3-15)17-6-8-18(9-7-17)20-13-28-24(29-14-20)19-10-22(25)21(12-27)23(26)11-19/h6-11,13-16H,2-5H2,1H3. The van der Waals surface area contributed by atoms with Gasteiger partial charge >= 0.3 is 0 Å². The number of halogens is 2. The van der Waals surface area contributed by atoms with Crippen molar-refractivity contribution >= 4 is 0 Å². The fourth-order valence-electron chi connectivity index (χ4n) is 3.98. The van der Waals surface area contributed by atoms with Gasteiger partial charge in [0.2, 0.25) is 0 Å². The second-order valence-electron chi connectivity index (χ2n) is 7.80. The van der Waals surface area contributed by atoms with E-state index in [-0.39, 0.29) is 11.4 Å². The van der Waals surface area contributed by atoms with Gasteiger partial charge in [0.25, 0.3) is 0 Å². The minimum Gasteiger partial charge on any atom is -0.236 e. The Bertz CT molecular complexity index is 1020. The van der Waals surface area contributed by atoms with Crippen LogP contribution in [0.2, 0.25) is 0 Å². The van der Waals surface area contributed by atoms with Gasteiger partial charge in [0.05, 0.1) is 0 Å². The van der Waals surface area contributed by atoms with Crippen LogP contribution >= 0.6 is 0 Å². The Morgan fingerprint density at radius 2 is 1.45 bits per heavy atom. The van der Waals surface area contributed by atoms with Gasteiger partial charge in [-0.1, -0.05) is 44.0 Å². The molecule has 0 spiro atoms. The molecule has 0 radical (unpaired) electrons. The first-order valence-electron chi connectivity index (χ1n) is 9.87. The van der Waals surface area contributed by atoms with Crippen LogP contribution in [0, 0.1) is 28.9 Å². The Morgan fingerprint density at radius 3 is 2.00 bits per heavy atom. The van der Waals surface area contributed by atoms with Gasteiger partial charge in [-0.05, 0) is 47.9 Å². The maximum atomic E-state index is 13.8. The Kier molecular flexibility index (Phi) is 5.35. The van der Waals surface area contributed by atoms with Crippen LogP contribution in [0.3, 0.4) is 0 Å². The third-order valence-electron chi connectivity index (χ3n) is 5.80. The summed E-state index contributed by atoms with van der Waals surface area (Å²) >= 11 is 0. The zero-order chi connectivity index (χ0) is 20.4. The van der Waals surface area contributed by atoms with E-state index < -0.39 is 17.2 Å². The van der Waals surface area contributed by atoms with Crippen LogP contribution in [0.1, 0.15) is 49.7 Å². The molecule has 0 unspecified atom stereocenters. The third-order valence-corrected chi connectivity index (χ3v) is 5.80. The molecule has 3 nitrogen and oxygen atoms in total. The van der Waals surface area contributed by atoms with Crippen LogP contribution in [0.15, 0.2) is 48.8 Å². The molecule has 1 aliphatic carbocycles. The average molecular weight is 389 g/mol. The summed E-state index contributed by atoms with van der Waals surface area (Å²) in [6, 6.07) is 12.2. The highest BCUT2D eigenvalue weighted by Gasteiger charge is 2.19. The maximum absolute atomic E-state index is 13.8. The molecule has 1 aliphatic rings. The molecule has 0 aliphatic heterocycles. The molecule has 0 N–H and O–H groups in total. The molecule has 1 heterocycles. The zero-order valence-electron chi connectivity index (χ0n) is 16.2. The van der Waals surface area contributed by atoms with Crippen molar-refractivity contribution in [3.05, 3.63) is 71.6 Å². The molecule has 1 fully saturated rings. The molecule has 146 valence electrons. The smallest absolute Gasteiger partial charge is 0.159 e. The molecule has 1 saturated carbocycles. The van der Waals surface area contributed by atoms with E-state index in [1.807, 2.05) is 0 Å². The molecule has 3 aromatic rings. The van der Waals surface area contributed by atoms with Crippen molar-refractivity contribution < 1.29 is 8.78 Å². The summed E-state index contributed by atoms with van der Waals surface area (Å²) in [5, 5.41) is 8.78. The Labute approximate surface area is 169 Å². The van der Waals surface area contributed by atoms with Crippen LogP contribution in [0.5, 0.6) is 0 Å². The van der Waals surface area contributed by atoms with Crippen molar-refractivity contribution in [2.75, 3.05) is 0 Å². The minimum absolute atomic E-state index is 0.201. The van der Waals surface area contributed by atoms with Crippen LogP contribution in [-0.2, 0) is 0 Å². The summed E-state index contributed by atoms with van der Waals surface area (Å²) in [6.45, 7) is 2.32. The summed E-state index contributed by atoms with van der Waals surface area (Å²) in [5.74, 6) is -0.144. The summed E-state index contributed by atoms with van der Waals surface area (Å²) < 4.78 is 27.7. The topological polar surface area (TPSA) is 49.6 Å². The molecule has 4 rings (SSSR count). The SMILES string of the molecule is CC1CCC(c2ccc(-c3cnc(-c4cc(F)c(C#N)c(F)c4)nc3)cc2)CC1. The van der Waals surface area contributed by atoms with Crippen LogP contribution < -0.4 is 0 Å². The first kappa shape index (κ1) is 19.2. The van der Waals surface area contributed by atoms with Crippen molar-refractivity contribution in [1.29, 1.82) is 5.26 Å². The van der Waals surface area contributed by atoms with Gasteiger partial charge in [-0.2, -0.15) is 5.26 Å². The van der Waals surface area contributed by atoms with E-state index in [4.69, 9.17) is 5.26 Å². The summed E-state index contributed by atoms with van der Waals surface area (Å²) in [6.07, 6.45) is 8.36. The Hall–Kier alpha value is -3.13. The predicted molar refractivity (Wildman–Crippen MR) is 108 cm³/mol. The van der Waals surface area contributed by atoms with Crippen molar-refractivity contribution in [2.45, 2.75) is 38.5 Å². The van der Waals surface area contributed by atoms with E-state index in [1.165, 1.54) is 37.3 Å². The monoisotopic (exact) mass is 389 g/mol. The summed E-state index contributed by atoms with van der Waals surface area (Å²) in [5.41, 5.74) is 2.82. The Morgan fingerprint density at radius 1 is 0.862 bits per heavy atom. The zero-order valence-corrected chi connectivity index (χ0v) is 16.2. The first-order valence-corrected chi connectivity index (χ1v) is 9.87. The van der Waals surface area contributed by atoms with Crippen molar-refractivity contribution in [3.8, 4) is 28.6 Å². The van der Waals surface area contributed by atoms with Gasteiger partial charge in [0.1, 0.15) is 23.3 Å². The lowest BCUT2D eigenvalue weighted by molar-refractivity contribution is 0.348. The number of aromatic nitrogens is 2. The largest absolute Gasteiger partial charge is 0.236 e. The molecule has 0 bridgehead atoms. The highest BCUT2D eigenvalue weighted by Crippen LogP contribution is 2.36. The van der Waals surface area contributed by atoms with Crippen LogP contribution in [0.25, 0.3) is 22.5 Å². The highest BCUT2D eigenvalue weighted by atomic mass is 19.1. The average Bonchev–Trinajstić information content (AvgIpc) is 2.74. The number of benzene rings is 2. The van der Waals surface area contributed by atoms with E-state index in [0.29, 0.717) is 5.92 Å². The molecule has 5 heteroatoms. The van der Waals surface area contributed by atoms with Gasteiger partial charge < -0.3 is 0 Å². The number of hydrogen-bond donors (Lipinski definition) is 0. The molecular weight excluding hydrogens is 368 g/mol. The lowest BCUT2D eigenvalue weighted by atomic mass is 9.79. The minimum atomic E-state index is -0.914. The fraction of sp³-hybridized carbons (Fsp3) is 0.292. The van der Waals surface area contributed by atoms with Gasteiger partial charge in [-0.25, -0.2) is 18.7 Å². The number of nitriles is 1. The second kappa shape index (κ2) is 8.08. The van der Waals surface area contributed by atoms with E-state index in [2.05, 4.69) is 41.2 Å². The van der Waals surface area contributed by atoms with E-state index in [9.17, 15) is 8.78 Å². The van der Waals surface area contributed by atoms with Gasteiger partial charge in [-0.3, -0.25) is 0 Å². The van der Waals surface area contributed by atoms with Crippen molar-refractivity contribution in [2.24, 2.45) is 5.92 Å². The number of rotatable bonds is 3. The van der Waals surface area contributed by atoms with Crippen LogP contribution in [-0.4, -0.2) is 9.97 Å². The van der Waals surface area contributed by atoms with Gasteiger partial charge in [-0.15, -0.1) is 0 Å². The van der Waals surface area contributed by atoms with Crippen molar-refractivity contribution in [3.63, 3.8) is 0 Å². The fourth-order valence-corrected chi connectivity index (χ4v) is 3.98. The maximum Gasteiger partial charge on any atom is 0.159 e. The van der Waals surface area contributed by atoms with Gasteiger partial charge in [0, 0.05) is 23.5 Å². The van der Waals surface area contributed by atoms with E-state index >= 15 is 0 Å². The predicted octanol–water partition coefficient (Wildman–Crippen LogP) is 6.25. The number of hydrogen-bond acceptors (Lipinski definition) is 3. The Balaban J connectivity index is 1.53. The normalized spacial score (nSPS) is 19.0. The lowest BCUT2D eigenvalue weighted by Gasteiger charge is -2.26. The molecular formula is C24H21F2N3. The third kappa shape index (κ3) is 4.02. The number of nitrogens with zero attached hydrogens (tertiary/aromatic N) is 3. The van der Waals surface area contributed by atoms with E-state index in [0.717, 1.165) is 29.2 Å². The van der Waals surface area contributed by atoms with Crippen LogP contribution in [0.4, 0.5) is 8.78 Å². The molecule has 0 saturated heterocycles. The molecule has 0 atom stereocenters. The first-order chi connectivity index (χ1) is 14.0. The molecule has 2 aromatic carbocycles. The molecule has 1 aromatic heterocycles. The molecule has 29 heavy (non-hydrogen) atoms. The van der Waals surface area contributed by atoms with Gasteiger partial charge in [0.15, 0.2) is 5.82 Å². The highest BCUT2D eigenvalue weighted by molar-refractivity contribution is 5.64. The summed E-state index contributed by atoms with van der Waals surface area (Å²) in [7, 11) is 0.